The van der Waals surface area contributed by atoms with Crippen LogP contribution in [-0.4, -0.2) is 40.6 Å². The van der Waals surface area contributed by atoms with Crippen LogP contribution in [0, 0.1) is 0 Å². The molecule has 2 amide bonds. The monoisotopic (exact) mass is 249 g/mol. The van der Waals surface area contributed by atoms with Crippen molar-refractivity contribution in [1.29, 1.82) is 0 Å². The van der Waals surface area contributed by atoms with Crippen LogP contribution >= 0.6 is 0 Å². The van der Waals surface area contributed by atoms with E-state index in [-0.39, 0.29) is 11.7 Å². The summed E-state index contributed by atoms with van der Waals surface area (Å²) in [5.41, 5.74) is 0.717. The Hall–Kier alpha value is -2.37. The van der Waals surface area contributed by atoms with E-state index in [0.717, 1.165) is 5.56 Å². The summed E-state index contributed by atoms with van der Waals surface area (Å²) < 4.78 is 0. The number of pyridine rings is 1. The molecule has 0 atom stereocenters. The van der Waals surface area contributed by atoms with E-state index in [1.165, 1.54) is 17.2 Å². The fraction of sp³-hybridized carbons (Fsp3) is 0.250. The second-order valence-electron chi connectivity index (χ2n) is 3.68. The van der Waals surface area contributed by atoms with Gasteiger partial charge in [0.2, 0.25) is 0 Å². The van der Waals surface area contributed by atoms with Gasteiger partial charge in [-0.1, -0.05) is 12.1 Å². The smallest absolute Gasteiger partial charge is 0.354 e. The number of urea groups is 1. The Morgan fingerprint density at radius 3 is 2.78 bits per heavy atom. The molecule has 1 aromatic heterocycles. The Labute approximate surface area is 105 Å². The van der Waals surface area contributed by atoms with Gasteiger partial charge in [0.05, 0.1) is 0 Å². The van der Waals surface area contributed by atoms with Crippen molar-refractivity contribution in [2.45, 2.75) is 6.54 Å². The molecule has 0 aliphatic rings. The lowest BCUT2D eigenvalue weighted by molar-refractivity contribution is 0.0690. The first-order chi connectivity index (χ1) is 8.54. The number of nitrogens with one attached hydrogen (secondary N) is 1. The van der Waals surface area contributed by atoms with E-state index >= 15 is 0 Å². The van der Waals surface area contributed by atoms with Crippen LogP contribution in [-0.2, 0) is 6.54 Å². The number of carbonyl (C=O) groups is 2. The normalized spacial score (nSPS) is 9.61. The Morgan fingerprint density at radius 2 is 2.28 bits per heavy atom. The van der Waals surface area contributed by atoms with E-state index in [9.17, 15) is 9.59 Å². The first kappa shape index (κ1) is 13.7. The molecular weight excluding hydrogens is 234 g/mol. The highest BCUT2D eigenvalue weighted by Crippen LogP contribution is 2.00. The van der Waals surface area contributed by atoms with E-state index in [0.29, 0.717) is 13.1 Å². The molecule has 0 aliphatic carbocycles. The number of likely N-dealkylation sites (N-methyl/N-ethyl adjacent to an activating group) is 1. The summed E-state index contributed by atoms with van der Waals surface area (Å²) in [7, 11) is 1.66. The van der Waals surface area contributed by atoms with Gasteiger partial charge in [-0.05, 0) is 11.6 Å². The van der Waals surface area contributed by atoms with Crippen molar-refractivity contribution in [3.05, 3.63) is 42.2 Å². The second-order valence-corrected chi connectivity index (χ2v) is 3.68. The summed E-state index contributed by atoms with van der Waals surface area (Å²) in [6.45, 7) is 4.30. The molecule has 0 saturated heterocycles. The molecule has 0 aliphatic heterocycles. The van der Waals surface area contributed by atoms with Crippen LogP contribution in [0.2, 0.25) is 0 Å². The van der Waals surface area contributed by atoms with Crippen LogP contribution in [0.4, 0.5) is 4.79 Å². The highest BCUT2D eigenvalue weighted by atomic mass is 16.4. The highest BCUT2D eigenvalue weighted by molar-refractivity contribution is 5.85. The largest absolute Gasteiger partial charge is 0.477 e. The number of aromatic carboxylic acids is 1. The van der Waals surface area contributed by atoms with Crippen LogP contribution in [0.1, 0.15) is 16.1 Å². The minimum absolute atomic E-state index is 0.0196. The molecule has 6 nitrogen and oxygen atoms in total. The summed E-state index contributed by atoms with van der Waals surface area (Å²) in [6.07, 6.45) is 3.06. The van der Waals surface area contributed by atoms with Crippen molar-refractivity contribution in [2.24, 2.45) is 0 Å². The molecule has 0 spiro atoms. The summed E-state index contributed by atoms with van der Waals surface area (Å²) in [4.78, 5) is 27.4. The van der Waals surface area contributed by atoms with Crippen LogP contribution in [0.25, 0.3) is 0 Å². The summed E-state index contributed by atoms with van der Waals surface area (Å²) >= 11 is 0. The number of aromatic nitrogens is 1. The lowest BCUT2D eigenvalue weighted by atomic mass is 10.2. The molecule has 1 aromatic rings. The molecule has 18 heavy (non-hydrogen) atoms. The average Bonchev–Trinajstić information content (AvgIpc) is 2.36. The Morgan fingerprint density at radius 1 is 1.56 bits per heavy atom. The molecule has 0 fully saturated rings. The average molecular weight is 249 g/mol. The number of nitrogens with zero attached hydrogens (tertiary/aromatic N) is 2. The van der Waals surface area contributed by atoms with Crippen molar-refractivity contribution in [3.63, 3.8) is 0 Å². The maximum absolute atomic E-state index is 11.5. The topological polar surface area (TPSA) is 82.5 Å². The van der Waals surface area contributed by atoms with Gasteiger partial charge in [0.15, 0.2) is 0 Å². The van der Waals surface area contributed by atoms with Crippen molar-refractivity contribution < 1.29 is 14.7 Å². The van der Waals surface area contributed by atoms with Gasteiger partial charge < -0.3 is 15.3 Å². The number of hydrogen-bond acceptors (Lipinski definition) is 3. The fourth-order valence-electron chi connectivity index (χ4n) is 1.24. The number of amides is 2. The molecule has 0 saturated carbocycles. The number of rotatable bonds is 5. The van der Waals surface area contributed by atoms with Gasteiger partial charge in [0.25, 0.3) is 0 Å². The van der Waals surface area contributed by atoms with Gasteiger partial charge in [-0.15, -0.1) is 6.58 Å². The number of hydrogen-bond donors (Lipinski definition) is 2. The zero-order valence-corrected chi connectivity index (χ0v) is 10.1. The first-order valence-electron chi connectivity index (χ1n) is 5.32. The molecule has 0 bridgehead atoms. The van der Waals surface area contributed by atoms with Gasteiger partial charge in [-0.2, -0.15) is 0 Å². The number of carboxylic acids is 1. The molecule has 2 N–H and O–H groups in total. The van der Waals surface area contributed by atoms with Gasteiger partial charge in [-0.3, -0.25) is 0 Å². The summed E-state index contributed by atoms with van der Waals surface area (Å²) in [5, 5.41) is 11.4. The Bertz CT molecular complexity index is 442. The molecule has 1 heterocycles. The minimum Gasteiger partial charge on any atom is -0.477 e. The van der Waals surface area contributed by atoms with E-state index in [1.807, 2.05) is 0 Å². The Kier molecular flexibility index (Phi) is 4.86. The van der Waals surface area contributed by atoms with E-state index in [2.05, 4.69) is 16.9 Å². The Balaban J connectivity index is 2.51. The van der Waals surface area contributed by atoms with E-state index in [4.69, 9.17) is 5.11 Å². The summed E-state index contributed by atoms with van der Waals surface area (Å²) in [6, 6.07) is 2.79. The molecule has 0 unspecified atom stereocenters. The standard InChI is InChI=1S/C12H15N3O3/c1-3-6-15(2)12(18)14-8-9-4-5-10(11(16)17)13-7-9/h3-5,7H,1,6,8H2,2H3,(H,14,18)(H,16,17). The third kappa shape index (κ3) is 3.89. The zero-order chi connectivity index (χ0) is 13.5. The lowest BCUT2D eigenvalue weighted by Crippen LogP contribution is -2.36. The minimum atomic E-state index is -1.07. The van der Waals surface area contributed by atoms with Crippen molar-refractivity contribution >= 4 is 12.0 Å². The first-order valence-corrected chi connectivity index (χ1v) is 5.32. The van der Waals surface area contributed by atoms with Gasteiger partial charge in [-0.25, -0.2) is 14.6 Å². The van der Waals surface area contributed by atoms with Crippen LogP contribution < -0.4 is 5.32 Å². The molecule has 96 valence electrons. The van der Waals surface area contributed by atoms with Crippen LogP contribution in [0.5, 0.6) is 0 Å². The van der Waals surface area contributed by atoms with Gasteiger partial charge in [0, 0.05) is 26.3 Å². The SMILES string of the molecule is C=CCN(C)C(=O)NCc1ccc(C(=O)O)nc1. The maximum atomic E-state index is 11.5. The lowest BCUT2D eigenvalue weighted by Gasteiger charge is -2.15. The van der Waals surface area contributed by atoms with Crippen LogP contribution in [0.15, 0.2) is 31.0 Å². The zero-order valence-electron chi connectivity index (χ0n) is 10.1. The van der Waals surface area contributed by atoms with E-state index < -0.39 is 5.97 Å². The quantitative estimate of drug-likeness (QED) is 0.766. The highest BCUT2D eigenvalue weighted by Gasteiger charge is 2.07. The molecule has 1 rings (SSSR count). The van der Waals surface area contributed by atoms with Gasteiger partial charge in [0.1, 0.15) is 5.69 Å². The maximum Gasteiger partial charge on any atom is 0.354 e. The molecule has 0 aromatic carbocycles. The molecule has 6 heteroatoms. The second kappa shape index (κ2) is 6.39. The van der Waals surface area contributed by atoms with Gasteiger partial charge >= 0.3 is 12.0 Å². The number of carboxylic acid groups (broad SMARTS) is 1. The third-order valence-electron chi connectivity index (χ3n) is 2.24. The predicted octanol–water partition coefficient (Wildman–Crippen LogP) is 1.11. The summed E-state index contributed by atoms with van der Waals surface area (Å²) in [5.74, 6) is -1.07. The van der Waals surface area contributed by atoms with Crippen molar-refractivity contribution in [3.8, 4) is 0 Å². The third-order valence-corrected chi connectivity index (χ3v) is 2.24. The van der Waals surface area contributed by atoms with Crippen molar-refractivity contribution in [2.75, 3.05) is 13.6 Å². The van der Waals surface area contributed by atoms with E-state index in [1.54, 1.807) is 19.2 Å². The van der Waals surface area contributed by atoms with Crippen molar-refractivity contribution in [1.82, 2.24) is 15.2 Å². The fourth-order valence-corrected chi connectivity index (χ4v) is 1.24. The predicted molar refractivity (Wildman–Crippen MR) is 66.3 cm³/mol. The van der Waals surface area contributed by atoms with Crippen LogP contribution in [0.3, 0.4) is 0 Å². The number of carbonyl (C=O) groups excluding carboxylic acids is 1. The molecular formula is C12H15N3O3. The molecule has 0 radical (unpaired) electrons.